The topological polar surface area (TPSA) is 34.4 Å². The lowest BCUT2D eigenvalue weighted by Crippen LogP contribution is -2.05. The summed E-state index contributed by atoms with van der Waals surface area (Å²) in [6.45, 7) is 3.77. The number of ether oxygens (including phenoxy) is 1. The van der Waals surface area contributed by atoms with E-state index in [1.165, 1.54) is 22.5 Å². The van der Waals surface area contributed by atoms with Crippen LogP contribution in [0.1, 0.15) is 23.2 Å². The van der Waals surface area contributed by atoms with Gasteiger partial charge in [0, 0.05) is 17.9 Å². The van der Waals surface area contributed by atoms with E-state index in [0.29, 0.717) is 5.75 Å². The van der Waals surface area contributed by atoms with Gasteiger partial charge in [0.2, 0.25) is 0 Å². The van der Waals surface area contributed by atoms with Gasteiger partial charge in [0.25, 0.3) is 0 Å². The van der Waals surface area contributed by atoms with Crippen LogP contribution in [0.5, 0.6) is 11.5 Å². The second-order valence-electron chi connectivity index (χ2n) is 7.89. The Kier molecular flexibility index (Phi) is 6.73. The lowest BCUT2D eigenvalue weighted by Gasteiger charge is -2.13. The molecule has 3 heteroatoms. The Morgan fingerprint density at radius 3 is 2.19 bits per heavy atom. The summed E-state index contributed by atoms with van der Waals surface area (Å²) < 4.78 is 8.25. The molecule has 0 aliphatic rings. The van der Waals surface area contributed by atoms with Crippen molar-refractivity contribution in [2.45, 2.75) is 32.7 Å². The molecule has 0 amide bonds. The van der Waals surface area contributed by atoms with Crippen LogP contribution >= 0.6 is 0 Å². The van der Waals surface area contributed by atoms with Crippen molar-refractivity contribution in [3.05, 3.63) is 108 Å². The number of hydrogen-bond donors (Lipinski definition) is 1. The summed E-state index contributed by atoms with van der Waals surface area (Å²) in [6, 6.07) is 30.7. The molecule has 0 radical (unpaired) electrons. The number of aromatic nitrogens is 1. The van der Waals surface area contributed by atoms with Gasteiger partial charge in [-0.25, -0.2) is 0 Å². The first-order valence-electron chi connectivity index (χ1n) is 10.9. The highest BCUT2D eigenvalue weighted by molar-refractivity contribution is 5.61. The molecule has 0 atom stereocenters. The summed E-state index contributed by atoms with van der Waals surface area (Å²) in [4.78, 5) is 0. The monoisotopic (exact) mass is 411 g/mol. The number of aryl methyl sites for hydroxylation is 3. The summed E-state index contributed by atoms with van der Waals surface area (Å²) in [5, 5.41) is 9.56. The third kappa shape index (κ3) is 5.58. The van der Waals surface area contributed by atoms with E-state index in [1.54, 1.807) is 12.1 Å². The Morgan fingerprint density at radius 1 is 0.742 bits per heavy atom. The highest BCUT2D eigenvalue weighted by atomic mass is 16.5. The van der Waals surface area contributed by atoms with Gasteiger partial charge in [0.15, 0.2) is 0 Å². The van der Waals surface area contributed by atoms with Crippen molar-refractivity contribution in [1.82, 2.24) is 4.57 Å². The van der Waals surface area contributed by atoms with E-state index >= 15 is 0 Å². The first-order chi connectivity index (χ1) is 15.2. The minimum absolute atomic E-state index is 0.293. The van der Waals surface area contributed by atoms with E-state index in [1.807, 2.05) is 18.2 Å². The average molecular weight is 412 g/mol. The maximum absolute atomic E-state index is 9.56. The van der Waals surface area contributed by atoms with E-state index in [0.717, 1.165) is 43.7 Å². The van der Waals surface area contributed by atoms with Crippen LogP contribution in [-0.2, 0) is 19.4 Å². The summed E-state index contributed by atoms with van der Waals surface area (Å²) in [6.07, 6.45) is 3.01. The summed E-state index contributed by atoms with van der Waals surface area (Å²) in [5.41, 5.74) is 6.18. The van der Waals surface area contributed by atoms with Crippen molar-refractivity contribution in [2.75, 3.05) is 6.61 Å². The first kappa shape index (κ1) is 20.8. The van der Waals surface area contributed by atoms with Gasteiger partial charge in [0.1, 0.15) is 11.5 Å². The molecule has 4 aromatic rings. The Hall–Kier alpha value is -3.46. The molecule has 3 aromatic carbocycles. The lowest BCUT2D eigenvalue weighted by atomic mass is 10.1. The molecule has 0 aliphatic carbocycles. The largest absolute Gasteiger partial charge is 0.508 e. The molecule has 0 bridgehead atoms. The van der Waals surface area contributed by atoms with Crippen molar-refractivity contribution < 1.29 is 9.84 Å². The predicted octanol–water partition coefficient (Wildman–Crippen LogP) is 6.42. The molecule has 1 N–H and O–H groups in total. The fraction of sp³-hybridized carbons (Fsp3) is 0.214. The Bertz CT molecular complexity index is 1080. The fourth-order valence-electron chi connectivity index (χ4n) is 3.85. The fourth-order valence-corrected chi connectivity index (χ4v) is 3.85. The molecule has 3 nitrogen and oxygen atoms in total. The number of phenolic OH excluding ortho intramolecular Hbond substituents is 1. The van der Waals surface area contributed by atoms with E-state index < -0.39 is 0 Å². The van der Waals surface area contributed by atoms with Crippen LogP contribution in [0.15, 0.2) is 91.0 Å². The van der Waals surface area contributed by atoms with Gasteiger partial charge < -0.3 is 14.4 Å². The molecule has 1 heterocycles. The van der Waals surface area contributed by atoms with Crippen LogP contribution in [0, 0.1) is 6.92 Å². The molecule has 4 rings (SSSR count). The third-order valence-corrected chi connectivity index (χ3v) is 5.63. The molecular formula is C28H29NO2. The summed E-state index contributed by atoms with van der Waals surface area (Å²) >= 11 is 0. The molecular weight excluding hydrogens is 382 g/mol. The van der Waals surface area contributed by atoms with Gasteiger partial charge in [-0.1, -0.05) is 42.5 Å². The van der Waals surface area contributed by atoms with E-state index in [4.69, 9.17) is 4.74 Å². The van der Waals surface area contributed by atoms with Crippen molar-refractivity contribution in [3.63, 3.8) is 0 Å². The zero-order chi connectivity index (χ0) is 21.5. The average Bonchev–Trinajstić information content (AvgIpc) is 3.17. The SMILES string of the molecule is Cc1ccc(-c2ccc(O)cc2)n1CCc1ccc(OCCCc2ccccc2)cc1. The minimum Gasteiger partial charge on any atom is -0.508 e. The van der Waals surface area contributed by atoms with Gasteiger partial charge in [0.05, 0.1) is 6.61 Å². The second kappa shape index (κ2) is 10.0. The number of hydrogen-bond acceptors (Lipinski definition) is 2. The smallest absolute Gasteiger partial charge is 0.119 e. The number of nitrogens with zero attached hydrogens (tertiary/aromatic N) is 1. The minimum atomic E-state index is 0.293. The predicted molar refractivity (Wildman–Crippen MR) is 127 cm³/mol. The van der Waals surface area contributed by atoms with Gasteiger partial charge in [-0.3, -0.25) is 0 Å². The zero-order valence-electron chi connectivity index (χ0n) is 18.0. The van der Waals surface area contributed by atoms with E-state index in [9.17, 15) is 5.11 Å². The molecule has 0 aliphatic heterocycles. The second-order valence-corrected chi connectivity index (χ2v) is 7.89. The molecule has 0 saturated heterocycles. The van der Waals surface area contributed by atoms with Gasteiger partial charge in [-0.2, -0.15) is 0 Å². The van der Waals surface area contributed by atoms with E-state index in [-0.39, 0.29) is 0 Å². The molecule has 31 heavy (non-hydrogen) atoms. The van der Waals surface area contributed by atoms with Crippen LogP contribution in [0.2, 0.25) is 0 Å². The molecule has 0 spiro atoms. The molecule has 0 saturated carbocycles. The molecule has 0 unspecified atom stereocenters. The maximum atomic E-state index is 9.56. The van der Waals surface area contributed by atoms with Crippen LogP contribution in [0.4, 0.5) is 0 Å². The Labute approximate surface area is 184 Å². The van der Waals surface area contributed by atoms with E-state index in [2.05, 4.69) is 72.2 Å². The number of benzene rings is 3. The van der Waals surface area contributed by atoms with Crippen LogP contribution in [0.25, 0.3) is 11.3 Å². The number of aromatic hydroxyl groups is 1. The Balaban J connectivity index is 1.30. The summed E-state index contributed by atoms with van der Waals surface area (Å²) in [5.74, 6) is 1.22. The first-order valence-corrected chi connectivity index (χ1v) is 10.9. The number of rotatable bonds is 9. The van der Waals surface area contributed by atoms with Gasteiger partial charge in [-0.05, 0) is 91.4 Å². The van der Waals surface area contributed by atoms with Crippen molar-refractivity contribution >= 4 is 0 Å². The van der Waals surface area contributed by atoms with Crippen LogP contribution < -0.4 is 4.74 Å². The highest BCUT2D eigenvalue weighted by Gasteiger charge is 2.08. The highest BCUT2D eigenvalue weighted by Crippen LogP contribution is 2.25. The Morgan fingerprint density at radius 2 is 1.45 bits per heavy atom. The molecule has 0 fully saturated rings. The van der Waals surface area contributed by atoms with Crippen LogP contribution in [-0.4, -0.2) is 16.3 Å². The van der Waals surface area contributed by atoms with Crippen molar-refractivity contribution in [2.24, 2.45) is 0 Å². The standard InChI is InChI=1S/C28H29NO2/c1-22-9-18-28(25-12-14-26(30)15-13-25)29(22)20-19-24-10-16-27(17-11-24)31-21-5-8-23-6-3-2-4-7-23/h2-4,6-7,9-18,30H,5,8,19-21H2,1H3. The lowest BCUT2D eigenvalue weighted by molar-refractivity contribution is 0.311. The van der Waals surface area contributed by atoms with Crippen molar-refractivity contribution in [1.29, 1.82) is 0 Å². The molecule has 1 aromatic heterocycles. The number of phenols is 1. The van der Waals surface area contributed by atoms with Gasteiger partial charge >= 0.3 is 0 Å². The van der Waals surface area contributed by atoms with Crippen molar-refractivity contribution in [3.8, 4) is 22.8 Å². The van der Waals surface area contributed by atoms with Crippen LogP contribution in [0.3, 0.4) is 0 Å². The summed E-state index contributed by atoms with van der Waals surface area (Å²) in [7, 11) is 0. The maximum Gasteiger partial charge on any atom is 0.119 e. The zero-order valence-corrected chi connectivity index (χ0v) is 18.0. The third-order valence-electron chi connectivity index (χ3n) is 5.63. The normalized spacial score (nSPS) is 10.9. The molecule has 158 valence electrons. The van der Waals surface area contributed by atoms with Gasteiger partial charge in [-0.15, -0.1) is 0 Å². The quantitative estimate of drug-likeness (QED) is 0.322.